The normalized spacial score (nSPS) is 12.8. The smallest absolute Gasteiger partial charge is 0.136 e. The van der Waals surface area contributed by atoms with Crippen molar-refractivity contribution in [3.05, 3.63) is 35.9 Å². The van der Waals surface area contributed by atoms with Gasteiger partial charge in [0.25, 0.3) is 0 Å². The van der Waals surface area contributed by atoms with Gasteiger partial charge in [0, 0.05) is 0 Å². The minimum atomic E-state index is -1.10. The van der Waals surface area contributed by atoms with Gasteiger partial charge in [0.2, 0.25) is 0 Å². The van der Waals surface area contributed by atoms with E-state index in [-0.39, 0.29) is 0 Å². The Hall–Kier alpha value is -0.550. The zero-order valence-electron chi connectivity index (χ0n) is 7.56. The van der Waals surface area contributed by atoms with E-state index in [4.69, 9.17) is 4.55 Å². The highest BCUT2D eigenvalue weighted by atomic mass is 32.2. The van der Waals surface area contributed by atoms with Gasteiger partial charge >= 0.3 is 11.6 Å². The van der Waals surface area contributed by atoms with Crippen LogP contribution in [0, 0.1) is 0 Å². The number of rotatable bonds is 5. The maximum absolute atomic E-state index is 9.03. The molecule has 1 atom stereocenters. The molecule has 1 unspecified atom stereocenters. The van der Waals surface area contributed by atoms with Gasteiger partial charge in [-0.2, -0.15) is 0 Å². The van der Waals surface area contributed by atoms with Crippen LogP contribution in [0.4, 0.5) is 0 Å². The molecule has 4 heteroatoms. The molecule has 72 valence electrons. The van der Waals surface area contributed by atoms with Crippen molar-refractivity contribution in [1.29, 1.82) is 0 Å². The third-order valence-corrected chi connectivity index (χ3v) is 2.41. The SMILES string of the molecule is CO[S+](O)NCCc1ccccc1. The van der Waals surface area contributed by atoms with Crippen LogP contribution in [0.3, 0.4) is 0 Å². The number of nitrogens with one attached hydrogen (secondary N) is 1. The Labute approximate surface area is 81.6 Å². The summed E-state index contributed by atoms with van der Waals surface area (Å²) in [6, 6.07) is 10.1. The summed E-state index contributed by atoms with van der Waals surface area (Å²) in [5, 5.41) is 0. The van der Waals surface area contributed by atoms with E-state index in [1.54, 1.807) is 0 Å². The average molecular weight is 200 g/mol. The molecule has 0 radical (unpaired) electrons. The molecule has 0 fully saturated rings. The minimum Gasteiger partial charge on any atom is -0.136 e. The minimum absolute atomic E-state index is 0.720. The van der Waals surface area contributed by atoms with Crippen molar-refractivity contribution in [1.82, 2.24) is 4.72 Å². The first-order valence-electron chi connectivity index (χ1n) is 4.08. The summed E-state index contributed by atoms with van der Waals surface area (Å²) < 4.78 is 16.5. The Balaban J connectivity index is 2.20. The van der Waals surface area contributed by atoms with Gasteiger partial charge in [0.05, 0.1) is 13.7 Å². The van der Waals surface area contributed by atoms with Crippen molar-refractivity contribution in [2.24, 2.45) is 0 Å². The fourth-order valence-electron chi connectivity index (χ4n) is 0.986. The lowest BCUT2D eigenvalue weighted by Gasteiger charge is -1.98. The lowest BCUT2D eigenvalue weighted by atomic mass is 10.2. The number of benzene rings is 1. The standard InChI is InChI=1S/C9H14NO2S/c1-12-13(11)10-8-7-9-5-3-2-4-6-9/h2-6,10-11H,7-8H2,1H3/q+1. The van der Waals surface area contributed by atoms with E-state index in [0.29, 0.717) is 0 Å². The third-order valence-electron chi connectivity index (χ3n) is 1.64. The van der Waals surface area contributed by atoms with Crippen LogP contribution in [0.1, 0.15) is 5.56 Å². The van der Waals surface area contributed by atoms with Crippen molar-refractivity contribution in [3.8, 4) is 0 Å². The Morgan fingerprint density at radius 3 is 2.69 bits per heavy atom. The van der Waals surface area contributed by atoms with E-state index in [2.05, 4.69) is 21.0 Å². The van der Waals surface area contributed by atoms with Gasteiger partial charge in [-0.1, -0.05) is 35.1 Å². The molecule has 0 amide bonds. The lowest BCUT2D eigenvalue weighted by molar-refractivity contribution is 0.398. The number of hydrogen-bond acceptors (Lipinski definition) is 3. The molecule has 2 N–H and O–H groups in total. The zero-order valence-corrected chi connectivity index (χ0v) is 8.38. The van der Waals surface area contributed by atoms with Crippen LogP contribution < -0.4 is 4.72 Å². The largest absolute Gasteiger partial charge is 0.418 e. The molecule has 0 aliphatic heterocycles. The highest BCUT2D eigenvalue weighted by Gasteiger charge is 2.12. The molecule has 1 rings (SSSR count). The van der Waals surface area contributed by atoms with Crippen LogP contribution in [0.2, 0.25) is 0 Å². The Morgan fingerprint density at radius 2 is 2.08 bits per heavy atom. The first-order chi connectivity index (χ1) is 6.33. The predicted octanol–water partition coefficient (Wildman–Crippen LogP) is 1.39. The van der Waals surface area contributed by atoms with Crippen LogP contribution in [0.5, 0.6) is 0 Å². The first-order valence-corrected chi connectivity index (χ1v) is 5.19. The van der Waals surface area contributed by atoms with Gasteiger partial charge in [0.15, 0.2) is 0 Å². The monoisotopic (exact) mass is 200 g/mol. The molecule has 3 nitrogen and oxygen atoms in total. The van der Waals surface area contributed by atoms with Gasteiger partial charge < -0.3 is 0 Å². The van der Waals surface area contributed by atoms with Gasteiger partial charge in [0.1, 0.15) is 0 Å². The molecule has 0 saturated heterocycles. The number of hydrogen-bond donors (Lipinski definition) is 2. The van der Waals surface area contributed by atoms with E-state index in [9.17, 15) is 0 Å². The molecule has 0 heterocycles. The van der Waals surface area contributed by atoms with Crippen LogP contribution >= 0.6 is 0 Å². The molecule has 1 aromatic carbocycles. The summed E-state index contributed by atoms with van der Waals surface area (Å²) in [6.07, 6.45) is 0.897. The topological polar surface area (TPSA) is 41.5 Å². The quantitative estimate of drug-likeness (QED) is 0.706. The maximum Gasteiger partial charge on any atom is 0.418 e. The molecule has 0 aliphatic rings. The summed E-state index contributed by atoms with van der Waals surface area (Å²) in [7, 11) is 1.47. The lowest BCUT2D eigenvalue weighted by Crippen LogP contribution is -2.26. The highest BCUT2D eigenvalue weighted by Crippen LogP contribution is 1.98. The van der Waals surface area contributed by atoms with E-state index in [1.165, 1.54) is 12.7 Å². The molecular formula is C9H14NO2S+. The van der Waals surface area contributed by atoms with Crippen molar-refractivity contribution in [2.75, 3.05) is 13.7 Å². The Kier molecular flexibility index (Phi) is 4.85. The van der Waals surface area contributed by atoms with Crippen molar-refractivity contribution < 1.29 is 8.74 Å². The Morgan fingerprint density at radius 1 is 1.38 bits per heavy atom. The molecule has 0 aliphatic carbocycles. The second kappa shape index (κ2) is 5.99. The van der Waals surface area contributed by atoms with Gasteiger partial charge in [-0.15, -0.1) is 8.74 Å². The summed E-state index contributed by atoms with van der Waals surface area (Å²) in [5.41, 5.74) is 1.25. The second-order valence-corrected chi connectivity index (χ2v) is 3.67. The maximum atomic E-state index is 9.03. The van der Waals surface area contributed by atoms with Gasteiger partial charge in [-0.25, -0.2) is 0 Å². The molecule has 13 heavy (non-hydrogen) atoms. The molecule has 0 bridgehead atoms. The fraction of sp³-hybridized carbons (Fsp3) is 0.333. The van der Waals surface area contributed by atoms with Crippen LogP contribution in [0.15, 0.2) is 30.3 Å². The van der Waals surface area contributed by atoms with Gasteiger partial charge in [-0.3, -0.25) is 0 Å². The average Bonchev–Trinajstić information content (AvgIpc) is 2.19. The molecule has 0 aromatic heterocycles. The van der Waals surface area contributed by atoms with Crippen LogP contribution in [-0.2, 0) is 22.2 Å². The van der Waals surface area contributed by atoms with E-state index >= 15 is 0 Å². The molecule has 1 aromatic rings. The zero-order chi connectivity index (χ0) is 9.52. The van der Waals surface area contributed by atoms with Crippen molar-refractivity contribution in [3.63, 3.8) is 0 Å². The Bertz CT molecular complexity index is 230. The van der Waals surface area contributed by atoms with Gasteiger partial charge in [-0.05, 0) is 12.0 Å². The second-order valence-electron chi connectivity index (χ2n) is 2.55. The molecular weight excluding hydrogens is 186 g/mol. The van der Waals surface area contributed by atoms with E-state index < -0.39 is 11.6 Å². The van der Waals surface area contributed by atoms with Crippen molar-refractivity contribution in [2.45, 2.75) is 6.42 Å². The summed E-state index contributed by atoms with van der Waals surface area (Å²) in [4.78, 5) is 0. The van der Waals surface area contributed by atoms with Crippen LogP contribution in [0.25, 0.3) is 0 Å². The molecule has 0 spiro atoms. The highest BCUT2D eigenvalue weighted by molar-refractivity contribution is 7.84. The first kappa shape index (κ1) is 10.5. The summed E-state index contributed by atoms with van der Waals surface area (Å²) >= 11 is -1.10. The van der Waals surface area contributed by atoms with E-state index in [0.717, 1.165) is 13.0 Å². The predicted molar refractivity (Wildman–Crippen MR) is 55.2 cm³/mol. The summed E-state index contributed by atoms with van der Waals surface area (Å²) in [6.45, 7) is 0.720. The fourth-order valence-corrected chi connectivity index (χ4v) is 1.38. The van der Waals surface area contributed by atoms with Crippen molar-refractivity contribution >= 4 is 11.6 Å². The van der Waals surface area contributed by atoms with Crippen LogP contribution in [-0.4, -0.2) is 18.2 Å². The summed E-state index contributed by atoms with van der Waals surface area (Å²) in [5.74, 6) is 0. The van der Waals surface area contributed by atoms with E-state index in [1.807, 2.05) is 18.2 Å². The third kappa shape index (κ3) is 4.28. The molecule has 0 saturated carbocycles.